The lowest BCUT2D eigenvalue weighted by atomic mass is 10.4. The zero-order valence-electron chi connectivity index (χ0n) is 12.5. The maximum absolute atomic E-state index is 12.4. The lowest BCUT2D eigenvalue weighted by Gasteiger charge is -2.12. The molecule has 0 saturated heterocycles. The van der Waals surface area contributed by atoms with Gasteiger partial charge in [0.1, 0.15) is 0 Å². The molecule has 2 aromatic heterocycles. The zero-order chi connectivity index (χ0) is 15.7. The van der Waals surface area contributed by atoms with Gasteiger partial charge in [-0.25, -0.2) is 9.78 Å². The molecule has 0 amide bonds. The Labute approximate surface area is 125 Å². The minimum Gasteiger partial charge on any atom is -0.311 e. The van der Waals surface area contributed by atoms with Crippen molar-refractivity contribution < 1.29 is 0 Å². The monoisotopic (exact) mass is 307 g/mol. The van der Waals surface area contributed by atoms with Crippen LogP contribution in [0.1, 0.15) is 26.3 Å². The molecule has 2 heterocycles. The quantitative estimate of drug-likeness (QED) is 0.622. The molecule has 0 atom stereocenters. The number of aromatic nitrogens is 4. The second kappa shape index (κ2) is 5.77. The third-order valence-corrected chi connectivity index (χ3v) is 4.17. The summed E-state index contributed by atoms with van der Waals surface area (Å²) in [4.78, 5) is 28.8. The van der Waals surface area contributed by atoms with Crippen molar-refractivity contribution in [1.29, 1.82) is 5.26 Å². The Balaban J connectivity index is 2.78. The van der Waals surface area contributed by atoms with Crippen molar-refractivity contribution in [2.45, 2.75) is 31.5 Å². The number of rotatable bonds is 4. The number of fused-ring (bicyclic) bond motifs is 1. The third kappa shape index (κ3) is 2.49. The van der Waals surface area contributed by atoms with Gasteiger partial charge in [0.05, 0.1) is 6.07 Å². The first-order valence-corrected chi connectivity index (χ1v) is 7.56. The van der Waals surface area contributed by atoms with Crippen molar-refractivity contribution in [2.75, 3.05) is 5.75 Å². The van der Waals surface area contributed by atoms with E-state index in [0.717, 1.165) is 4.57 Å². The summed E-state index contributed by atoms with van der Waals surface area (Å²) in [7, 11) is 3.07. The van der Waals surface area contributed by atoms with Crippen LogP contribution in [0.15, 0.2) is 14.7 Å². The maximum Gasteiger partial charge on any atom is 0.332 e. The van der Waals surface area contributed by atoms with Gasteiger partial charge in [0.2, 0.25) is 0 Å². The van der Waals surface area contributed by atoms with Crippen molar-refractivity contribution in [1.82, 2.24) is 18.7 Å². The van der Waals surface area contributed by atoms with Crippen LogP contribution in [0.5, 0.6) is 0 Å². The molecule has 112 valence electrons. The van der Waals surface area contributed by atoms with Crippen molar-refractivity contribution in [2.24, 2.45) is 14.1 Å². The standard InChI is InChI=1S/C13H17N5O2S/c1-8(2)18-9-10(15-12(18)21-7-5-6-14)16(3)13(20)17(4)11(9)19/h8H,5,7H2,1-4H3. The van der Waals surface area contributed by atoms with Crippen LogP contribution in [0.3, 0.4) is 0 Å². The first kappa shape index (κ1) is 15.4. The molecule has 0 aliphatic heterocycles. The molecule has 0 fully saturated rings. The summed E-state index contributed by atoms with van der Waals surface area (Å²) in [6, 6.07) is 2.11. The third-order valence-electron chi connectivity index (χ3n) is 3.22. The van der Waals surface area contributed by atoms with Crippen LogP contribution in [0, 0.1) is 11.3 Å². The number of nitrogens with zero attached hydrogens (tertiary/aromatic N) is 5. The molecule has 8 heteroatoms. The van der Waals surface area contributed by atoms with E-state index in [1.807, 2.05) is 18.4 Å². The molecule has 0 N–H and O–H groups in total. The van der Waals surface area contributed by atoms with E-state index in [0.29, 0.717) is 28.5 Å². The molecule has 0 aliphatic rings. The predicted octanol–water partition coefficient (Wildman–Crippen LogP) is 1.02. The molecule has 21 heavy (non-hydrogen) atoms. The fourth-order valence-electron chi connectivity index (χ4n) is 2.16. The minimum absolute atomic E-state index is 0.0322. The molecule has 2 rings (SSSR count). The highest BCUT2D eigenvalue weighted by molar-refractivity contribution is 7.99. The Bertz CT molecular complexity index is 837. The normalized spacial score (nSPS) is 11.2. The molecule has 2 aromatic rings. The van der Waals surface area contributed by atoms with Gasteiger partial charge in [0.25, 0.3) is 5.56 Å². The molecule has 0 unspecified atom stereocenters. The molecular formula is C13H17N5O2S. The van der Waals surface area contributed by atoms with Crippen molar-refractivity contribution in [3.05, 3.63) is 20.8 Å². The Morgan fingerprint density at radius 2 is 1.95 bits per heavy atom. The van der Waals surface area contributed by atoms with E-state index < -0.39 is 5.69 Å². The Morgan fingerprint density at radius 1 is 1.29 bits per heavy atom. The lowest BCUT2D eigenvalue weighted by Crippen LogP contribution is -2.37. The molecule has 0 aliphatic carbocycles. The highest BCUT2D eigenvalue weighted by Crippen LogP contribution is 2.25. The molecule has 0 aromatic carbocycles. The largest absolute Gasteiger partial charge is 0.332 e. The van der Waals surface area contributed by atoms with Crippen LogP contribution in [0.4, 0.5) is 0 Å². The number of hydrogen-bond acceptors (Lipinski definition) is 5. The maximum atomic E-state index is 12.4. The predicted molar refractivity (Wildman–Crippen MR) is 81.6 cm³/mol. The smallest absolute Gasteiger partial charge is 0.311 e. The number of nitriles is 1. The molecule has 0 bridgehead atoms. The van der Waals surface area contributed by atoms with Gasteiger partial charge in [-0.2, -0.15) is 5.26 Å². The van der Waals surface area contributed by atoms with Gasteiger partial charge in [0.15, 0.2) is 16.3 Å². The second-order valence-electron chi connectivity index (χ2n) is 4.99. The van der Waals surface area contributed by atoms with Crippen molar-refractivity contribution in [3.8, 4) is 6.07 Å². The summed E-state index contributed by atoms with van der Waals surface area (Å²) in [5, 5.41) is 9.29. The topological polar surface area (TPSA) is 85.6 Å². The average Bonchev–Trinajstić information content (AvgIpc) is 2.83. The van der Waals surface area contributed by atoms with E-state index in [9.17, 15) is 9.59 Å². The highest BCUT2D eigenvalue weighted by Gasteiger charge is 2.20. The molecule has 0 radical (unpaired) electrons. The van der Waals surface area contributed by atoms with Crippen LogP contribution < -0.4 is 11.2 Å². The first-order chi connectivity index (χ1) is 9.90. The van der Waals surface area contributed by atoms with Gasteiger partial charge in [-0.05, 0) is 13.8 Å². The van der Waals surface area contributed by atoms with Crippen LogP contribution in [0.2, 0.25) is 0 Å². The molecule has 0 saturated carbocycles. The Hall–Kier alpha value is -2.01. The number of aryl methyl sites for hydroxylation is 1. The van der Waals surface area contributed by atoms with E-state index in [4.69, 9.17) is 5.26 Å². The summed E-state index contributed by atoms with van der Waals surface area (Å²) in [5.74, 6) is 0.598. The van der Waals surface area contributed by atoms with Crippen molar-refractivity contribution in [3.63, 3.8) is 0 Å². The SMILES string of the molecule is CC(C)n1c(SCCC#N)nc2c1c(=O)n(C)c(=O)n2C. The van der Waals surface area contributed by atoms with Gasteiger partial charge < -0.3 is 4.57 Å². The highest BCUT2D eigenvalue weighted by atomic mass is 32.2. The minimum atomic E-state index is -0.394. The molecule has 7 nitrogen and oxygen atoms in total. The van der Waals surface area contributed by atoms with Gasteiger partial charge in [0, 0.05) is 32.3 Å². The van der Waals surface area contributed by atoms with Crippen molar-refractivity contribution >= 4 is 22.9 Å². The summed E-state index contributed by atoms with van der Waals surface area (Å²) in [6.45, 7) is 3.92. The number of thioether (sulfide) groups is 1. The fraction of sp³-hybridized carbons (Fsp3) is 0.538. The van der Waals surface area contributed by atoms with Gasteiger partial charge in [-0.3, -0.25) is 13.9 Å². The van der Waals surface area contributed by atoms with Crippen LogP contribution >= 0.6 is 11.8 Å². The first-order valence-electron chi connectivity index (χ1n) is 6.57. The fourth-order valence-corrected chi connectivity index (χ4v) is 3.13. The van der Waals surface area contributed by atoms with E-state index in [2.05, 4.69) is 11.1 Å². The summed E-state index contributed by atoms with van der Waals surface area (Å²) < 4.78 is 4.30. The van der Waals surface area contributed by atoms with Gasteiger partial charge in [-0.15, -0.1) is 0 Å². The van der Waals surface area contributed by atoms with E-state index >= 15 is 0 Å². The van der Waals surface area contributed by atoms with E-state index in [1.54, 1.807) is 7.05 Å². The number of imidazole rings is 1. The number of hydrogen-bond donors (Lipinski definition) is 0. The molecular weight excluding hydrogens is 290 g/mol. The summed E-state index contributed by atoms with van der Waals surface area (Å²) >= 11 is 1.42. The van der Waals surface area contributed by atoms with Crippen LogP contribution in [-0.4, -0.2) is 24.4 Å². The average molecular weight is 307 g/mol. The van der Waals surface area contributed by atoms with Gasteiger partial charge in [-0.1, -0.05) is 11.8 Å². The second-order valence-corrected chi connectivity index (χ2v) is 6.05. The zero-order valence-corrected chi connectivity index (χ0v) is 13.3. The van der Waals surface area contributed by atoms with Crippen LogP contribution in [0.25, 0.3) is 11.2 Å². The van der Waals surface area contributed by atoms with Gasteiger partial charge >= 0.3 is 5.69 Å². The van der Waals surface area contributed by atoms with E-state index in [-0.39, 0.29) is 11.6 Å². The Morgan fingerprint density at radius 3 is 2.52 bits per heavy atom. The van der Waals surface area contributed by atoms with Crippen LogP contribution in [-0.2, 0) is 14.1 Å². The summed E-state index contributed by atoms with van der Waals surface area (Å²) in [5.41, 5.74) is 0.0706. The Kier molecular flexibility index (Phi) is 4.23. The van der Waals surface area contributed by atoms with E-state index in [1.165, 1.54) is 23.4 Å². The molecule has 0 spiro atoms. The lowest BCUT2D eigenvalue weighted by molar-refractivity contribution is 0.563. The summed E-state index contributed by atoms with van der Waals surface area (Å²) in [6.07, 6.45) is 0.406.